The standard InChI is InChI=1S/C10H14N4/c1-8-3-4-9(2)14(8)12-7-10-5-6-11-13-10/h3-6,12H,7H2,1-2H3,(H,11,13). The zero-order valence-corrected chi connectivity index (χ0v) is 8.41. The Kier molecular flexibility index (Phi) is 2.26. The summed E-state index contributed by atoms with van der Waals surface area (Å²) in [4.78, 5) is 0. The van der Waals surface area contributed by atoms with Crippen molar-refractivity contribution in [2.45, 2.75) is 20.4 Å². The van der Waals surface area contributed by atoms with Crippen molar-refractivity contribution >= 4 is 0 Å². The third-order valence-electron chi connectivity index (χ3n) is 2.26. The molecule has 74 valence electrons. The Labute approximate surface area is 82.9 Å². The van der Waals surface area contributed by atoms with Gasteiger partial charge in [0.2, 0.25) is 0 Å². The molecule has 2 aromatic heterocycles. The Morgan fingerprint density at radius 2 is 2.00 bits per heavy atom. The first-order valence-corrected chi connectivity index (χ1v) is 4.64. The number of rotatable bonds is 3. The highest BCUT2D eigenvalue weighted by Gasteiger charge is 1.99. The van der Waals surface area contributed by atoms with E-state index in [2.05, 4.69) is 46.3 Å². The molecule has 0 atom stereocenters. The van der Waals surface area contributed by atoms with Gasteiger partial charge in [0, 0.05) is 17.6 Å². The van der Waals surface area contributed by atoms with Crippen LogP contribution in [0.3, 0.4) is 0 Å². The molecule has 0 saturated carbocycles. The quantitative estimate of drug-likeness (QED) is 0.771. The minimum atomic E-state index is 0.760. The molecule has 0 spiro atoms. The highest BCUT2D eigenvalue weighted by molar-refractivity contribution is 5.15. The second-order valence-corrected chi connectivity index (χ2v) is 3.37. The summed E-state index contributed by atoms with van der Waals surface area (Å²) in [6.07, 6.45) is 1.76. The molecule has 0 bridgehead atoms. The van der Waals surface area contributed by atoms with Crippen molar-refractivity contribution in [3.63, 3.8) is 0 Å². The maximum atomic E-state index is 3.89. The van der Waals surface area contributed by atoms with E-state index in [1.807, 2.05) is 6.07 Å². The molecule has 0 aromatic carbocycles. The van der Waals surface area contributed by atoms with Crippen molar-refractivity contribution in [3.05, 3.63) is 41.5 Å². The van der Waals surface area contributed by atoms with Gasteiger partial charge < -0.3 is 5.43 Å². The molecular weight excluding hydrogens is 176 g/mol. The number of nitrogens with zero attached hydrogens (tertiary/aromatic N) is 2. The van der Waals surface area contributed by atoms with Gasteiger partial charge in [-0.25, -0.2) is 0 Å². The van der Waals surface area contributed by atoms with Crippen LogP contribution in [0.2, 0.25) is 0 Å². The maximum absolute atomic E-state index is 3.89. The van der Waals surface area contributed by atoms with Gasteiger partial charge in [0.15, 0.2) is 0 Å². The molecule has 0 aliphatic carbocycles. The van der Waals surface area contributed by atoms with Crippen LogP contribution >= 0.6 is 0 Å². The van der Waals surface area contributed by atoms with E-state index >= 15 is 0 Å². The fourth-order valence-corrected chi connectivity index (χ4v) is 1.47. The van der Waals surface area contributed by atoms with E-state index in [4.69, 9.17) is 0 Å². The lowest BCUT2D eigenvalue weighted by molar-refractivity contribution is 0.777. The molecule has 0 aliphatic rings. The van der Waals surface area contributed by atoms with Crippen molar-refractivity contribution in [1.82, 2.24) is 14.9 Å². The number of hydrogen-bond donors (Lipinski definition) is 2. The van der Waals surface area contributed by atoms with Crippen LogP contribution in [0.1, 0.15) is 17.1 Å². The molecule has 2 N–H and O–H groups in total. The van der Waals surface area contributed by atoms with E-state index in [1.54, 1.807) is 6.20 Å². The lowest BCUT2D eigenvalue weighted by Crippen LogP contribution is -2.17. The molecule has 4 nitrogen and oxygen atoms in total. The summed E-state index contributed by atoms with van der Waals surface area (Å²) >= 11 is 0. The van der Waals surface area contributed by atoms with E-state index in [0.717, 1.165) is 12.2 Å². The molecule has 0 amide bonds. The van der Waals surface area contributed by atoms with Crippen LogP contribution in [0.5, 0.6) is 0 Å². The van der Waals surface area contributed by atoms with Gasteiger partial charge in [0.05, 0.1) is 12.2 Å². The van der Waals surface area contributed by atoms with Crippen molar-refractivity contribution in [2.75, 3.05) is 5.43 Å². The van der Waals surface area contributed by atoms with Crippen LogP contribution in [-0.4, -0.2) is 14.9 Å². The topological polar surface area (TPSA) is 45.6 Å². The Morgan fingerprint density at radius 3 is 2.57 bits per heavy atom. The van der Waals surface area contributed by atoms with E-state index in [0.29, 0.717) is 0 Å². The van der Waals surface area contributed by atoms with Crippen LogP contribution in [0, 0.1) is 13.8 Å². The molecule has 0 aliphatic heterocycles. The van der Waals surface area contributed by atoms with Crippen LogP contribution in [0.15, 0.2) is 24.4 Å². The van der Waals surface area contributed by atoms with Gasteiger partial charge in [-0.3, -0.25) is 9.77 Å². The van der Waals surface area contributed by atoms with Crippen LogP contribution in [-0.2, 0) is 6.54 Å². The Morgan fingerprint density at radius 1 is 1.29 bits per heavy atom. The first-order chi connectivity index (χ1) is 6.77. The summed E-state index contributed by atoms with van der Waals surface area (Å²) in [7, 11) is 0. The summed E-state index contributed by atoms with van der Waals surface area (Å²) in [6, 6.07) is 6.14. The molecule has 14 heavy (non-hydrogen) atoms. The molecule has 0 fully saturated rings. The van der Waals surface area contributed by atoms with Crippen molar-refractivity contribution < 1.29 is 0 Å². The summed E-state index contributed by atoms with van der Waals surface area (Å²) in [5, 5.41) is 6.81. The molecule has 2 heterocycles. The predicted octanol–water partition coefficient (Wildman–Crippen LogP) is 1.57. The predicted molar refractivity (Wildman–Crippen MR) is 55.6 cm³/mol. The summed E-state index contributed by atoms with van der Waals surface area (Å²) < 4.78 is 2.07. The van der Waals surface area contributed by atoms with Gasteiger partial charge in [-0.15, -0.1) is 0 Å². The van der Waals surface area contributed by atoms with Crippen LogP contribution in [0.25, 0.3) is 0 Å². The maximum Gasteiger partial charge on any atom is 0.0730 e. The average molecular weight is 190 g/mol. The van der Waals surface area contributed by atoms with Gasteiger partial charge in [-0.2, -0.15) is 5.10 Å². The van der Waals surface area contributed by atoms with Gasteiger partial charge in [-0.05, 0) is 32.0 Å². The average Bonchev–Trinajstić information content (AvgIpc) is 2.76. The summed E-state index contributed by atoms with van der Waals surface area (Å²) in [5.74, 6) is 0. The fourth-order valence-electron chi connectivity index (χ4n) is 1.47. The zero-order chi connectivity index (χ0) is 9.97. The molecule has 2 rings (SSSR count). The number of aromatic nitrogens is 3. The number of aryl methyl sites for hydroxylation is 2. The summed E-state index contributed by atoms with van der Waals surface area (Å²) in [6.45, 7) is 4.91. The largest absolute Gasteiger partial charge is 0.320 e. The van der Waals surface area contributed by atoms with E-state index in [9.17, 15) is 0 Å². The number of hydrogen-bond acceptors (Lipinski definition) is 2. The van der Waals surface area contributed by atoms with Gasteiger partial charge in [-0.1, -0.05) is 0 Å². The van der Waals surface area contributed by atoms with Gasteiger partial charge in [0.1, 0.15) is 0 Å². The molecule has 4 heteroatoms. The third kappa shape index (κ3) is 1.64. The Bertz CT molecular complexity index is 380. The van der Waals surface area contributed by atoms with Crippen molar-refractivity contribution in [3.8, 4) is 0 Å². The zero-order valence-electron chi connectivity index (χ0n) is 8.41. The van der Waals surface area contributed by atoms with E-state index in [-0.39, 0.29) is 0 Å². The third-order valence-corrected chi connectivity index (χ3v) is 2.26. The minimum absolute atomic E-state index is 0.760. The second kappa shape index (κ2) is 3.57. The van der Waals surface area contributed by atoms with E-state index in [1.165, 1.54) is 11.4 Å². The van der Waals surface area contributed by atoms with Gasteiger partial charge in [0.25, 0.3) is 0 Å². The molecule has 2 aromatic rings. The van der Waals surface area contributed by atoms with E-state index < -0.39 is 0 Å². The smallest absolute Gasteiger partial charge is 0.0730 e. The Hall–Kier alpha value is -1.71. The summed E-state index contributed by atoms with van der Waals surface area (Å²) in [5.41, 5.74) is 6.81. The lowest BCUT2D eigenvalue weighted by Gasteiger charge is -2.11. The number of nitrogens with one attached hydrogen (secondary N) is 2. The molecule has 0 unspecified atom stereocenters. The number of H-pyrrole nitrogens is 1. The molecule has 0 saturated heterocycles. The highest BCUT2D eigenvalue weighted by Crippen LogP contribution is 2.04. The van der Waals surface area contributed by atoms with Crippen molar-refractivity contribution in [2.24, 2.45) is 0 Å². The molecule has 0 radical (unpaired) electrons. The first kappa shape index (κ1) is 8.87. The normalized spacial score (nSPS) is 10.4. The SMILES string of the molecule is Cc1ccc(C)n1NCc1ccn[nH]1. The van der Waals surface area contributed by atoms with Crippen molar-refractivity contribution in [1.29, 1.82) is 0 Å². The highest BCUT2D eigenvalue weighted by atomic mass is 15.4. The van der Waals surface area contributed by atoms with Gasteiger partial charge >= 0.3 is 0 Å². The number of aromatic amines is 1. The molecular formula is C10H14N4. The monoisotopic (exact) mass is 190 g/mol. The fraction of sp³-hybridized carbons (Fsp3) is 0.300. The lowest BCUT2D eigenvalue weighted by atomic mass is 10.4. The first-order valence-electron chi connectivity index (χ1n) is 4.64. The minimum Gasteiger partial charge on any atom is -0.320 e. The Balaban J connectivity index is 2.05. The second-order valence-electron chi connectivity index (χ2n) is 3.37. The van der Waals surface area contributed by atoms with Crippen LogP contribution < -0.4 is 5.43 Å². The van der Waals surface area contributed by atoms with Crippen LogP contribution in [0.4, 0.5) is 0 Å².